The lowest BCUT2D eigenvalue weighted by molar-refractivity contribution is 0.174. The molecule has 1 saturated carbocycles. The predicted octanol–water partition coefficient (Wildman–Crippen LogP) is 2.91. The molecule has 1 fully saturated rings. The smallest absolute Gasteiger partial charge is 0.314 e. The zero-order valence-corrected chi connectivity index (χ0v) is 15.8. The number of carbonyl (C=O) groups is 1. The van der Waals surface area contributed by atoms with Crippen LogP contribution in [0.3, 0.4) is 0 Å². The van der Waals surface area contributed by atoms with Crippen LogP contribution >= 0.6 is 0 Å². The Kier molecular flexibility index (Phi) is 7.00. The van der Waals surface area contributed by atoms with Crippen molar-refractivity contribution >= 4 is 6.03 Å². The van der Waals surface area contributed by atoms with Crippen molar-refractivity contribution in [1.82, 2.24) is 15.5 Å². The predicted molar refractivity (Wildman–Crippen MR) is 102 cm³/mol. The molecule has 6 heteroatoms. The van der Waals surface area contributed by atoms with Gasteiger partial charge in [-0.3, -0.25) is 0 Å². The fourth-order valence-corrected chi connectivity index (χ4v) is 3.71. The highest BCUT2D eigenvalue weighted by molar-refractivity contribution is 5.73. The maximum atomic E-state index is 11.9. The van der Waals surface area contributed by atoms with Crippen LogP contribution in [0.4, 0.5) is 4.79 Å². The lowest BCUT2D eigenvalue weighted by atomic mass is 9.94. The molecule has 6 nitrogen and oxygen atoms in total. The molecule has 1 heterocycles. The fraction of sp³-hybridized carbons (Fsp3) is 0.650. The molecule has 0 atom stereocenters. The molecular formula is C20H31N3O3. The first-order valence-corrected chi connectivity index (χ1v) is 9.83. The van der Waals surface area contributed by atoms with E-state index < -0.39 is 0 Å². The fourth-order valence-electron chi connectivity index (χ4n) is 3.71. The van der Waals surface area contributed by atoms with E-state index in [2.05, 4.69) is 22.6 Å². The Morgan fingerprint density at radius 1 is 1.12 bits per heavy atom. The summed E-state index contributed by atoms with van der Waals surface area (Å²) >= 11 is 0. The van der Waals surface area contributed by atoms with Crippen LogP contribution in [0.5, 0.6) is 11.5 Å². The van der Waals surface area contributed by atoms with Crippen LogP contribution in [0.1, 0.15) is 44.1 Å². The number of amides is 2. The van der Waals surface area contributed by atoms with Crippen LogP contribution in [0.25, 0.3) is 0 Å². The quantitative estimate of drug-likeness (QED) is 0.699. The Morgan fingerprint density at radius 3 is 2.73 bits per heavy atom. The molecule has 1 aliphatic carbocycles. The van der Waals surface area contributed by atoms with E-state index in [0.29, 0.717) is 13.1 Å². The Hall–Kier alpha value is -1.95. The number of nitrogens with zero attached hydrogens (tertiary/aromatic N) is 1. The van der Waals surface area contributed by atoms with Gasteiger partial charge in [-0.25, -0.2) is 4.79 Å². The topological polar surface area (TPSA) is 62.8 Å². The molecule has 0 unspecified atom stereocenters. The minimum absolute atomic E-state index is 0.0916. The maximum absolute atomic E-state index is 11.9. The first-order valence-electron chi connectivity index (χ1n) is 9.83. The van der Waals surface area contributed by atoms with Gasteiger partial charge in [-0.05, 0) is 57.0 Å². The van der Waals surface area contributed by atoms with Gasteiger partial charge in [0.1, 0.15) is 0 Å². The second-order valence-electron chi connectivity index (χ2n) is 7.25. The van der Waals surface area contributed by atoms with Gasteiger partial charge >= 0.3 is 6.03 Å². The number of hydrogen-bond acceptors (Lipinski definition) is 4. The molecule has 0 spiro atoms. The molecule has 2 N–H and O–H groups in total. The van der Waals surface area contributed by atoms with Crippen LogP contribution in [0.2, 0.25) is 0 Å². The van der Waals surface area contributed by atoms with Crippen LogP contribution in [0, 0.1) is 0 Å². The Balaban J connectivity index is 1.25. The Morgan fingerprint density at radius 2 is 1.88 bits per heavy atom. The van der Waals surface area contributed by atoms with E-state index in [-0.39, 0.29) is 12.8 Å². The standard InChI is InChI=1S/C20H31N3O3/c1-23(17-6-3-2-4-7-17)13-5-11-21-20(24)22-12-10-16-8-9-18-19(14-16)26-15-25-18/h8-9,14,17H,2-7,10-13,15H2,1H3,(H2,21,22,24). The number of carbonyl (C=O) groups excluding carboxylic acids is 1. The van der Waals surface area contributed by atoms with Crippen LogP contribution in [-0.4, -0.2) is 50.4 Å². The molecule has 2 amide bonds. The van der Waals surface area contributed by atoms with Gasteiger partial charge in [-0.2, -0.15) is 0 Å². The van der Waals surface area contributed by atoms with E-state index in [9.17, 15) is 4.79 Å². The van der Waals surface area contributed by atoms with Gasteiger partial charge in [-0.15, -0.1) is 0 Å². The summed E-state index contributed by atoms with van der Waals surface area (Å²) in [7, 11) is 2.21. The number of rotatable bonds is 8. The lowest BCUT2D eigenvalue weighted by Gasteiger charge is -2.31. The van der Waals surface area contributed by atoms with Crippen molar-refractivity contribution < 1.29 is 14.3 Å². The van der Waals surface area contributed by atoms with E-state index in [0.717, 1.165) is 42.5 Å². The van der Waals surface area contributed by atoms with Crippen LogP contribution < -0.4 is 20.1 Å². The van der Waals surface area contributed by atoms with Crippen LogP contribution in [-0.2, 0) is 6.42 Å². The van der Waals surface area contributed by atoms with E-state index in [4.69, 9.17) is 9.47 Å². The number of fused-ring (bicyclic) bond motifs is 1. The molecule has 0 aromatic heterocycles. The Bertz CT molecular complexity index is 588. The summed E-state index contributed by atoms with van der Waals surface area (Å²) in [6.07, 6.45) is 8.52. The van der Waals surface area contributed by atoms with Crippen molar-refractivity contribution in [2.24, 2.45) is 0 Å². The summed E-state index contributed by atoms with van der Waals surface area (Å²) in [4.78, 5) is 14.3. The average Bonchev–Trinajstić information content (AvgIpc) is 3.13. The van der Waals surface area contributed by atoms with Gasteiger partial charge < -0.3 is 25.0 Å². The van der Waals surface area contributed by atoms with Crippen molar-refractivity contribution in [1.29, 1.82) is 0 Å². The average molecular weight is 361 g/mol. The van der Waals surface area contributed by atoms with E-state index in [1.807, 2.05) is 18.2 Å². The summed E-state index contributed by atoms with van der Waals surface area (Å²) in [5.74, 6) is 1.58. The normalized spacial score (nSPS) is 16.7. The maximum Gasteiger partial charge on any atom is 0.314 e. The monoisotopic (exact) mass is 361 g/mol. The van der Waals surface area contributed by atoms with E-state index in [1.165, 1.54) is 32.1 Å². The number of hydrogen-bond donors (Lipinski definition) is 2. The van der Waals surface area contributed by atoms with Crippen molar-refractivity contribution in [2.45, 2.75) is 51.0 Å². The van der Waals surface area contributed by atoms with Crippen LogP contribution in [0.15, 0.2) is 18.2 Å². The first kappa shape index (κ1) is 18.8. The minimum atomic E-state index is -0.0916. The highest BCUT2D eigenvalue weighted by atomic mass is 16.7. The van der Waals surface area contributed by atoms with Gasteiger partial charge in [0, 0.05) is 19.1 Å². The van der Waals surface area contributed by atoms with Gasteiger partial charge in [0.05, 0.1) is 0 Å². The van der Waals surface area contributed by atoms with E-state index in [1.54, 1.807) is 0 Å². The number of ether oxygens (including phenoxy) is 2. The van der Waals surface area contributed by atoms with Crippen molar-refractivity contribution in [3.05, 3.63) is 23.8 Å². The third-order valence-electron chi connectivity index (χ3n) is 5.31. The number of nitrogens with one attached hydrogen (secondary N) is 2. The molecule has 0 saturated heterocycles. The van der Waals surface area contributed by atoms with Crippen molar-refractivity contribution in [2.75, 3.05) is 33.5 Å². The third kappa shape index (κ3) is 5.53. The molecular weight excluding hydrogens is 330 g/mol. The molecule has 0 radical (unpaired) electrons. The molecule has 3 rings (SSSR count). The largest absolute Gasteiger partial charge is 0.454 e. The number of benzene rings is 1. The second-order valence-corrected chi connectivity index (χ2v) is 7.25. The minimum Gasteiger partial charge on any atom is -0.454 e. The third-order valence-corrected chi connectivity index (χ3v) is 5.31. The number of urea groups is 1. The SMILES string of the molecule is CN(CCCNC(=O)NCCc1ccc2c(c1)OCO2)C1CCCCC1. The zero-order chi connectivity index (χ0) is 18.2. The molecule has 26 heavy (non-hydrogen) atoms. The van der Waals surface area contributed by atoms with Crippen molar-refractivity contribution in [3.8, 4) is 11.5 Å². The highest BCUT2D eigenvalue weighted by Crippen LogP contribution is 2.32. The molecule has 144 valence electrons. The first-order chi connectivity index (χ1) is 12.7. The lowest BCUT2D eigenvalue weighted by Crippen LogP contribution is -2.39. The summed E-state index contributed by atoms with van der Waals surface area (Å²) in [5.41, 5.74) is 1.13. The van der Waals surface area contributed by atoms with Gasteiger partial charge in [0.15, 0.2) is 11.5 Å². The van der Waals surface area contributed by atoms with Gasteiger partial charge in [0.25, 0.3) is 0 Å². The van der Waals surface area contributed by atoms with Gasteiger partial charge in [-0.1, -0.05) is 25.3 Å². The molecule has 1 aliphatic heterocycles. The summed E-state index contributed by atoms with van der Waals surface area (Å²) in [6, 6.07) is 6.54. The zero-order valence-electron chi connectivity index (χ0n) is 15.8. The molecule has 1 aromatic rings. The summed E-state index contributed by atoms with van der Waals surface area (Å²) in [5, 5.41) is 5.86. The summed E-state index contributed by atoms with van der Waals surface area (Å²) in [6.45, 7) is 2.65. The highest BCUT2D eigenvalue weighted by Gasteiger charge is 2.17. The van der Waals surface area contributed by atoms with Gasteiger partial charge in [0.2, 0.25) is 6.79 Å². The summed E-state index contributed by atoms with van der Waals surface area (Å²) < 4.78 is 10.7. The van der Waals surface area contributed by atoms with E-state index >= 15 is 0 Å². The molecule has 1 aromatic carbocycles. The second kappa shape index (κ2) is 9.67. The van der Waals surface area contributed by atoms with Crippen molar-refractivity contribution in [3.63, 3.8) is 0 Å². The Labute approximate surface area is 156 Å². The molecule has 0 bridgehead atoms. The molecule has 2 aliphatic rings.